The molecule has 0 aromatic rings. The van der Waals surface area contributed by atoms with Gasteiger partial charge in [-0.05, 0) is 12.8 Å². The molecule has 0 aromatic carbocycles. The van der Waals surface area contributed by atoms with Crippen LogP contribution in [0.1, 0.15) is 12.8 Å². The average molecular weight is 216 g/mol. The van der Waals surface area contributed by atoms with Crippen LogP contribution in [0.4, 0.5) is 0 Å². The molecule has 0 aliphatic rings. The molecule has 11 heavy (non-hydrogen) atoms. The first-order valence-corrected chi connectivity index (χ1v) is 3.26. The van der Waals surface area contributed by atoms with Crippen LogP contribution in [0.2, 0.25) is 0 Å². The molecule has 0 aromatic heterocycles. The molecule has 4 N–H and O–H groups in total. The van der Waals surface area contributed by atoms with Crippen LogP contribution in [0.25, 0.3) is 0 Å². The molecule has 0 fully saturated rings. The Bertz CT molecular complexity index is 35.6. The van der Waals surface area contributed by atoms with Crippen molar-refractivity contribution in [2.45, 2.75) is 12.8 Å². The first-order chi connectivity index (χ1) is 4.83. The van der Waals surface area contributed by atoms with Gasteiger partial charge in [-0.15, -0.1) is 0 Å². The van der Waals surface area contributed by atoms with Gasteiger partial charge < -0.3 is 20.4 Å². The van der Waals surface area contributed by atoms with Crippen LogP contribution in [0.15, 0.2) is 0 Å². The van der Waals surface area contributed by atoms with Crippen LogP contribution >= 0.6 is 0 Å². The second-order valence-electron chi connectivity index (χ2n) is 1.60. The molecule has 4 nitrogen and oxygen atoms in total. The fraction of sp³-hybridized carbons (Fsp3) is 1.00. The van der Waals surface area contributed by atoms with Crippen LogP contribution < -0.4 is 0 Å². The van der Waals surface area contributed by atoms with Crippen LogP contribution in [0, 0.1) is 0 Å². The number of rotatable bonds is 4. The van der Waals surface area contributed by atoms with Crippen molar-refractivity contribution in [3.8, 4) is 0 Å². The third kappa shape index (κ3) is 38.1. The molecule has 0 atom stereocenters. The molecule has 0 unspecified atom stereocenters. The van der Waals surface area contributed by atoms with E-state index in [-0.39, 0.29) is 43.5 Å². The molecule has 75 valence electrons. The van der Waals surface area contributed by atoms with Gasteiger partial charge in [0.15, 0.2) is 0 Å². The minimum atomic E-state index is 0. The fourth-order valence-electron chi connectivity index (χ4n) is 0.141. The average Bonchev–Trinajstić information content (AvgIpc) is 1.93. The molecule has 0 spiro atoms. The summed E-state index contributed by atoms with van der Waals surface area (Å²) in [5, 5.41) is 31.6. The Morgan fingerprint density at radius 1 is 0.545 bits per heavy atom. The van der Waals surface area contributed by atoms with E-state index in [1.807, 2.05) is 0 Å². The largest absolute Gasteiger partial charge is 0.396 e. The van der Waals surface area contributed by atoms with Crippen molar-refractivity contribution in [1.82, 2.24) is 0 Å². The van der Waals surface area contributed by atoms with E-state index in [4.69, 9.17) is 20.4 Å². The van der Waals surface area contributed by atoms with E-state index >= 15 is 0 Å². The molecular weight excluding hydrogens is 200 g/mol. The van der Waals surface area contributed by atoms with E-state index in [1.165, 1.54) is 0 Å². The molecule has 1 radical (unpaired) electrons. The third-order valence-electron chi connectivity index (χ3n) is 0.632. The minimum Gasteiger partial charge on any atom is -0.396 e. The van der Waals surface area contributed by atoms with Gasteiger partial charge in [0.2, 0.25) is 0 Å². The predicted molar refractivity (Wildman–Crippen MR) is 37.6 cm³/mol. The van der Waals surface area contributed by atoms with E-state index in [0.717, 1.165) is 0 Å². The Kier molecular flexibility index (Phi) is 35.6. The summed E-state index contributed by atoms with van der Waals surface area (Å²) in [6.45, 7) is 0.375. The maximum Gasteiger partial charge on any atom is 0.0452 e. The zero-order chi connectivity index (χ0) is 8.24. The van der Waals surface area contributed by atoms with Crippen LogP contribution in [0.5, 0.6) is 0 Å². The summed E-state index contributed by atoms with van der Waals surface area (Å²) >= 11 is 0. The number of hydrogen-bond acceptors (Lipinski definition) is 4. The molecule has 0 rings (SSSR count). The smallest absolute Gasteiger partial charge is 0.0452 e. The topological polar surface area (TPSA) is 80.9 Å². The Balaban J connectivity index is -0.000000107. The van der Waals surface area contributed by atoms with Gasteiger partial charge in [-0.25, -0.2) is 0 Å². The standard InChI is InChI=1S/2C3H8O2.Cu/c2*4-2-1-3-5;/h2*4-5H,1-3H2;. The molecule has 0 amide bonds. The fourth-order valence-corrected chi connectivity index (χ4v) is 0.141. The normalized spacial score (nSPS) is 7.64. The Morgan fingerprint density at radius 2 is 0.727 bits per heavy atom. The van der Waals surface area contributed by atoms with E-state index < -0.39 is 0 Å². The van der Waals surface area contributed by atoms with E-state index in [2.05, 4.69) is 0 Å². The molecular formula is C6H16CuO4. The molecule has 0 saturated heterocycles. The molecule has 0 aliphatic carbocycles. The molecule has 0 saturated carbocycles. The van der Waals surface area contributed by atoms with Gasteiger partial charge in [0.05, 0.1) is 0 Å². The van der Waals surface area contributed by atoms with Gasteiger partial charge in [-0.3, -0.25) is 0 Å². The van der Waals surface area contributed by atoms with E-state index in [1.54, 1.807) is 0 Å². The summed E-state index contributed by atoms with van der Waals surface area (Å²) < 4.78 is 0. The SMILES string of the molecule is OCCCO.OCCCO.[Cu]. The molecule has 0 bridgehead atoms. The summed E-state index contributed by atoms with van der Waals surface area (Å²) in [4.78, 5) is 0. The van der Waals surface area contributed by atoms with E-state index in [0.29, 0.717) is 12.8 Å². The Morgan fingerprint density at radius 3 is 0.727 bits per heavy atom. The molecule has 5 heteroatoms. The summed E-state index contributed by atoms with van der Waals surface area (Å²) in [5.74, 6) is 0. The second kappa shape index (κ2) is 22.4. The number of aliphatic hydroxyl groups excluding tert-OH is 4. The van der Waals surface area contributed by atoms with Crippen molar-refractivity contribution in [1.29, 1.82) is 0 Å². The summed E-state index contributed by atoms with van der Waals surface area (Å²) in [6.07, 6.45) is 1.00. The van der Waals surface area contributed by atoms with Gasteiger partial charge in [-0.2, -0.15) is 0 Å². The Hall–Kier alpha value is 0.359. The van der Waals surface area contributed by atoms with Crippen molar-refractivity contribution in [2.24, 2.45) is 0 Å². The maximum atomic E-state index is 7.91. The van der Waals surface area contributed by atoms with Crippen molar-refractivity contribution in [2.75, 3.05) is 26.4 Å². The van der Waals surface area contributed by atoms with Crippen LogP contribution in [-0.4, -0.2) is 46.9 Å². The van der Waals surface area contributed by atoms with Gasteiger partial charge in [0.25, 0.3) is 0 Å². The van der Waals surface area contributed by atoms with Gasteiger partial charge in [0, 0.05) is 43.5 Å². The van der Waals surface area contributed by atoms with Crippen molar-refractivity contribution >= 4 is 0 Å². The minimum absolute atomic E-state index is 0. The zero-order valence-corrected chi connectivity index (χ0v) is 7.27. The van der Waals surface area contributed by atoms with Gasteiger partial charge in [0.1, 0.15) is 0 Å². The van der Waals surface area contributed by atoms with Crippen molar-refractivity contribution in [3.63, 3.8) is 0 Å². The number of aliphatic hydroxyl groups is 4. The van der Waals surface area contributed by atoms with Crippen LogP contribution in [0.3, 0.4) is 0 Å². The monoisotopic (exact) mass is 215 g/mol. The summed E-state index contributed by atoms with van der Waals surface area (Å²) in [7, 11) is 0. The number of hydrogen-bond donors (Lipinski definition) is 4. The van der Waals surface area contributed by atoms with Crippen molar-refractivity contribution < 1.29 is 37.5 Å². The third-order valence-corrected chi connectivity index (χ3v) is 0.632. The first-order valence-electron chi connectivity index (χ1n) is 3.26. The predicted octanol–water partition coefficient (Wildman–Crippen LogP) is -1.28. The molecule has 0 aliphatic heterocycles. The second-order valence-corrected chi connectivity index (χ2v) is 1.60. The Labute approximate surface area is 77.3 Å². The first kappa shape index (κ1) is 17.4. The maximum absolute atomic E-state index is 7.91. The van der Waals surface area contributed by atoms with Gasteiger partial charge >= 0.3 is 0 Å². The van der Waals surface area contributed by atoms with Crippen LogP contribution in [-0.2, 0) is 17.1 Å². The summed E-state index contributed by atoms with van der Waals surface area (Å²) in [6, 6.07) is 0. The summed E-state index contributed by atoms with van der Waals surface area (Å²) in [5.41, 5.74) is 0. The quantitative estimate of drug-likeness (QED) is 0.441. The molecule has 0 heterocycles. The zero-order valence-electron chi connectivity index (χ0n) is 6.33. The van der Waals surface area contributed by atoms with E-state index in [9.17, 15) is 0 Å². The van der Waals surface area contributed by atoms with Crippen molar-refractivity contribution in [3.05, 3.63) is 0 Å². The van der Waals surface area contributed by atoms with Gasteiger partial charge in [-0.1, -0.05) is 0 Å².